The fraction of sp³-hybridized carbons (Fsp3) is 0.909. The Kier molecular flexibility index (Phi) is 5.23. The molecule has 0 aromatic heterocycles. The highest BCUT2D eigenvalue weighted by Crippen LogP contribution is 2.24. The summed E-state index contributed by atoms with van der Waals surface area (Å²) in [5, 5.41) is 0. The van der Waals surface area contributed by atoms with Gasteiger partial charge in [-0.2, -0.15) is 0 Å². The van der Waals surface area contributed by atoms with E-state index in [0.29, 0.717) is 24.7 Å². The number of carbonyl (C=O) groups excluding carboxylic acids is 1. The molecule has 0 aliphatic rings. The molecule has 0 heterocycles. The summed E-state index contributed by atoms with van der Waals surface area (Å²) in [5.41, 5.74) is 5.33. The van der Waals surface area contributed by atoms with Gasteiger partial charge >= 0.3 is 0 Å². The van der Waals surface area contributed by atoms with E-state index in [2.05, 4.69) is 13.8 Å². The van der Waals surface area contributed by atoms with E-state index in [9.17, 15) is 4.79 Å². The molecule has 13 heavy (non-hydrogen) atoms. The molecule has 0 rings (SSSR count). The molecule has 0 bridgehead atoms. The summed E-state index contributed by atoms with van der Waals surface area (Å²) < 4.78 is 0. The third-order valence-corrected chi connectivity index (χ3v) is 3.13. The van der Waals surface area contributed by atoms with Crippen molar-refractivity contribution in [3.05, 3.63) is 0 Å². The lowest BCUT2D eigenvalue weighted by molar-refractivity contribution is -0.128. The third kappa shape index (κ3) is 3.47. The first-order valence-corrected chi connectivity index (χ1v) is 5.23. The van der Waals surface area contributed by atoms with Crippen molar-refractivity contribution in [2.24, 2.45) is 17.1 Å². The van der Waals surface area contributed by atoms with Crippen LogP contribution in [0.25, 0.3) is 0 Å². The smallest absolute Gasteiger partial charge is 0.140 e. The molecule has 0 radical (unpaired) electrons. The zero-order valence-electron chi connectivity index (χ0n) is 9.39. The Morgan fingerprint density at radius 2 is 2.00 bits per heavy atom. The molecule has 2 unspecified atom stereocenters. The standard InChI is InChI=1S/C11H23NO/c1-5-9(3)7-10(13)11(4,6-2)8-12/h9H,5-8,12H2,1-4H3. The maximum atomic E-state index is 11.8. The van der Waals surface area contributed by atoms with E-state index in [1.807, 2.05) is 13.8 Å². The van der Waals surface area contributed by atoms with Crippen LogP contribution in [0.15, 0.2) is 0 Å². The van der Waals surface area contributed by atoms with Crippen molar-refractivity contribution in [3.8, 4) is 0 Å². The van der Waals surface area contributed by atoms with Crippen molar-refractivity contribution in [3.63, 3.8) is 0 Å². The number of nitrogens with two attached hydrogens (primary N) is 1. The van der Waals surface area contributed by atoms with Gasteiger partial charge in [-0.25, -0.2) is 0 Å². The number of carbonyl (C=O) groups is 1. The van der Waals surface area contributed by atoms with Gasteiger partial charge in [0.2, 0.25) is 0 Å². The normalized spacial score (nSPS) is 17.9. The molecule has 0 aliphatic heterocycles. The van der Waals surface area contributed by atoms with Crippen LogP contribution in [0.1, 0.15) is 47.0 Å². The van der Waals surface area contributed by atoms with Crippen LogP contribution in [-0.4, -0.2) is 12.3 Å². The summed E-state index contributed by atoms with van der Waals surface area (Å²) in [7, 11) is 0. The molecule has 0 aromatic carbocycles. The molecular weight excluding hydrogens is 162 g/mol. The van der Waals surface area contributed by atoms with Gasteiger partial charge in [0.25, 0.3) is 0 Å². The Balaban J connectivity index is 4.22. The quantitative estimate of drug-likeness (QED) is 0.690. The lowest BCUT2D eigenvalue weighted by Gasteiger charge is -2.25. The lowest BCUT2D eigenvalue weighted by Crippen LogP contribution is -2.35. The molecule has 0 fully saturated rings. The Morgan fingerprint density at radius 1 is 1.46 bits per heavy atom. The van der Waals surface area contributed by atoms with Gasteiger partial charge in [-0.15, -0.1) is 0 Å². The number of hydrogen-bond acceptors (Lipinski definition) is 2. The van der Waals surface area contributed by atoms with Crippen molar-refractivity contribution in [1.82, 2.24) is 0 Å². The van der Waals surface area contributed by atoms with E-state index in [1.165, 1.54) is 0 Å². The predicted octanol–water partition coefficient (Wildman–Crippen LogP) is 2.37. The average molecular weight is 185 g/mol. The Hall–Kier alpha value is -0.370. The summed E-state index contributed by atoms with van der Waals surface area (Å²) >= 11 is 0. The monoisotopic (exact) mass is 185 g/mol. The molecule has 0 spiro atoms. The van der Waals surface area contributed by atoms with E-state index in [0.717, 1.165) is 12.8 Å². The van der Waals surface area contributed by atoms with E-state index in [1.54, 1.807) is 0 Å². The van der Waals surface area contributed by atoms with E-state index < -0.39 is 0 Å². The van der Waals surface area contributed by atoms with Crippen LogP contribution in [0.4, 0.5) is 0 Å². The van der Waals surface area contributed by atoms with E-state index in [-0.39, 0.29) is 5.41 Å². The topological polar surface area (TPSA) is 43.1 Å². The van der Waals surface area contributed by atoms with Gasteiger partial charge in [0.1, 0.15) is 5.78 Å². The first-order valence-electron chi connectivity index (χ1n) is 5.23. The minimum absolute atomic E-state index is 0.288. The molecule has 2 atom stereocenters. The highest BCUT2D eigenvalue weighted by Gasteiger charge is 2.29. The van der Waals surface area contributed by atoms with Crippen LogP contribution >= 0.6 is 0 Å². The van der Waals surface area contributed by atoms with Gasteiger partial charge in [-0.3, -0.25) is 4.79 Å². The second-order valence-corrected chi connectivity index (χ2v) is 4.26. The highest BCUT2D eigenvalue weighted by atomic mass is 16.1. The van der Waals surface area contributed by atoms with Crippen LogP contribution < -0.4 is 5.73 Å². The molecule has 0 saturated carbocycles. The number of ketones is 1. The van der Waals surface area contributed by atoms with Crippen LogP contribution in [0, 0.1) is 11.3 Å². The largest absolute Gasteiger partial charge is 0.329 e. The van der Waals surface area contributed by atoms with Gasteiger partial charge in [-0.1, -0.05) is 34.1 Å². The molecule has 78 valence electrons. The second kappa shape index (κ2) is 5.38. The van der Waals surface area contributed by atoms with Crippen molar-refractivity contribution in [1.29, 1.82) is 0 Å². The maximum absolute atomic E-state index is 11.8. The summed E-state index contributed by atoms with van der Waals surface area (Å²) in [6, 6.07) is 0. The molecule has 2 heteroatoms. The fourth-order valence-corrected chi connectivity index (χ4v) is 1.16. The summed E-state index contributed by atoms with van der Waals surface area (Å²) in [5.74, 6) is 0.816. The minimum Gasteiger partial charge on any atom is -0.329 e. The summed E-state index contributed by atoms with van der Waals surface area (Å²) in [4.78, 5) is 11.8. The third-order valence-electron chi connectivity index (χ3n) is 3.13. The fourth-order valence-electron chi connectivity index (χ4n) is 1.16. The van der Waals surface area contributed by atoms with Crippen molar-refractivity contribution < 1.29 is 4.79 Å². The van der Waals surface area contributed by atoms with Crippen molar-refractivity contribution in [2.45, 2.75) is 47.0 Å². The number of Topliss-reactive ketones (excluding diaryl/α,β-unsaturated/α-hetero) is 1. The Labute approximate surface area is 81.9 Å². The van der Waals surface area contributed by atoms with Crippen molar-refractivity contribution >= 4 is 5.78 Å². The Bertz CT molecular complexity index is 161. The van der Waals surface area contributed by atoms with Crippen LogP contribution in [0.5, 0.6) is 0 Å². The minimum atomic E-state index is -0.288. The zero-order chi connectivity index (χ0) is 10.5. The SMILES string of the molecule is CCC(C)CC(=O)C(C)(CC)CN. The van der Waals surface area contributed by atoms with Gasteiger partial charge in [0.15, 0.2) is 0 Å². The lowest BCUT2D eigenvalue weighted by atomic mass is 9.79. The Morgan fingerprint density at radius 3 is 2.31 bits per heavy atom. The molecule has 2 nitrogen and oxygen atoms in total. The molecule has 0 aromatic rings. The zero-order valence-corrected chi connectivity index (χ0v) is 9.39. The number of hydrogen-bond donors (Lipinski definition) is 1. The van der Waals surface area contributed by atoms with E-state index in [4.69, 9.17) is 5.73 Å². The van der Waals surface area contributed by atoms with Gasteiger partial charge in [0.05, 0.1) is 0 Å². The molecule has 0 aliphatic carbocycles. The van der Waals surface area contributed by atoms with Gasteiger partial charge in [0, 0.05) is 18.4 Å². The average Bonchev–Trinajstić information content (AvgIpc) is 2.16. The van der Waals surface area contributed by atoms with Crippen LogP contribution in [-0.2, 0) is 4.79 Å². The molecule has 2 N–H and O–H groups in total. The summed E-state index contributed by atoms with van der Waals surface area (Å²) in [6.07, 6.45) is 2.59. The maximum Gasteiger partial charge on any atom is 0.140 e. The van der Waals surface area contributed by atoms with Gasteiger partial charge < -0.3 is 5.73 Å². The molecule has 0 saturated heterocycles. The first-order chi connectivity index (χ1) is 6.00. The summed E-state index contributed by atoms with van der Waals surface area (Å²) in [6.45, 7) is 8.70. The first kappa shape index (κ1) is 12.6. The number of rotatable bonds is 6. The van der Waals surface area contributed by atoms with Gasteiger partial charge in [-0.05, 0) is 12.3 Å². The predicted molar refractivity (Wildman–Crippen MR) is 56.5 cm³/mol. The van der Waals surface area contributed by atoms with E-state index >= 15 is 0 Å². The molecular formula is C11H23NO. The van der Waals surface area contributed by atoms with Crippen molar-refractivity contribution in [2.75, 3.05) is 6.54 Å². The highest BCUT2D eigenvalue weighted by molar-refractivity contribution is 5.84. The molecule has 0 amide bonds. The second-order valence-electron chi connectivity index (χ2n) is 4.26. The van der Waals surface area contributed by atoms with Crippen LogP contribution in [0.2, 0.25) is 0 Å². The van der Waals surface area contributed by atoms with Crippen LogP contribution in [0.3, 0.4) is 0 Å².